The molecule has 6 nitrogen and oxygen atoms in total. The molecule has 0 atom stereocenters. The predicted molar refractivity (Wildman–Crippen MR) is 118 cm³/mol. The number of rotatable bonds is 5. The zero-order valence-corrected chi connectivity index (χ0v) is 17.4. The zero-order chi connectivity index (χ0) is 20.9. The highest BCUT2D eigenvalue weighted by molar-refractivity contribution is 5.93. The van der Waals surface area contributed by atoms with Gasteiger partial charge in [0.1, 0.15) is 11.4 Å². The Labute approximate surface area is 177 Å². The number of aromatic nitrogens is 2. The Morgan fingerprint density at radius 1 is 1.07 bits per heavy atom. The van der Waals surface area contributed by atoms with Gasteiger partial charge in [0.15, 0.2) is 0 Å². The second kappa shape index (κ2) is 8.97. The molecule has 0 unspecified atom stereocenters. The van der Waals surface area contributed by atoms with E-state index in [1.807, 2.05) is 76.5 Å². The lowest BCUT2D eigenvalue weighted by Crippen LogP contribution is -3.12. The maximum atomic E-state index is 12.7. The SMILES string of the molecule is COc1ccccc1-c1nn(-c2ccccc2)cc1/C=C/C(=O)N1CC[NH+](C)CC1. The molecule has 154 valence electrons. The predicted octanol–water partition coefficient (Wildman–Crippen LogP) is 1.92. The molecule has 2 heterocycles. The fraction of sp³-hybridized carbons (Fsp3) is 0.250. The number of nitrogens with one attached hydrogen (secondary N) is 1. The van der Waals surface area contributed by atoms with Crippen LogP contribution in [0.3, 0.4) is 0 Å². The molecule has 1 fully saturated rings. The first-order valence-electron chi connectivity index (χ1n) is 10.2. The molecule has 1 N–H and O–H groups in total. The topological polar surface area (TPSA) is 51.8 Å². The fourth-order valence-electron chi connectivity index (χ4n) is 3.65. The van der Waals surface area contributed by atoms with Crippen LogP contribution in [0.2, 0.25) is 0 Å². The lowest BCUT2D eigenvalue weighted by Gasteiger charge is -2.29. The number of amides is 1. The number of para-hydroxylation sites is 2. The normalized spacial score (nSPS) is 14.9. The van der Waals surface area contributed by atoms with E-state index in [0.29, 0.717) is 0 Å². The van der Waals surface area contributed by atoms with Crippen LogP contribution in [0, 0.1) is 0 Å². The van der Waals surface area contributed by atoms with Gasteiger partial charge in [0, 0.05) is 23.4 Å². The Hall–Kier alpha value is -3.38. The molecule has 4 rings (SSSR count). The number of carbonyl (C=O) groups is 1. The van der Waals surface area contributed by atoms with Gasteiger partial charge in [0.25, 0.3) is 0 Å². The number of hydrogen-bond acceptors (Lipinski definition) is 3. The van der Waals surface area contributed by atoms with Crippen molar-refractivity contribution in [3.63, 3.8) is 0 Å². The standard InChI is InChI=1S/C24H26N4O2/c1-26-14-16-27(17-15-26)23(29)13-12-19-18-28(20-8-4-3-5-9-20)25-24(19)21-10-6-7-11-22(21)30-2/h3-13,18H,14-17H2,1-2H3/p+1/b13-12+. The molecule has 1 aliphatic rings. The third-order valence-corrected chi connectivity index (χ3v) is 5.46. The maximum Gasteiger partial charge on any atom is 0.246 e. The highest BCUT2D eigenvalue weighted by Gasteiger charge is 2.20. The number of methoxy groups -OCH3 is 1. The van der Waals surface area contributed by atoms with Crippen LogP contribution in [0.4, 0.5) is 0 Å². The van der Waals surface area contributed by atoms with E-state index in [4.69, 9.17) is 9.84 Å². The Morgan fingerprint density at radius 2 is 1.77 bits per heavy atom. The van der Waals surface area contributed by atoms with E-state index >= 15 is 0 Å². The summed E-state index contributed by atoms with van der Waals surface area (Å²) in [6, 6.07) is 17.7. The van der Waals surface area contributed by atoms with Gasteiger partial charge in [0.2, 0.25) is 5.91 Å². The van der Waals surface area contributed by atoms with Gasteiger partial charge in [-0.3, -0.25) is 4.79 Å². The first-order valence-corrected chi connectivity index (χ1v) is 10.2. The Balaban J connectivity index is 1.69. The van der Waals surface area contributed by atoms with Crippen LogP contribution in [0.15, 0.2) is 66.9 Å². The summed E-state index contributed by atoms with van der Waals surface area (Å²) >= 11 is 0. The summed E-state index contributed by atoms with van der Waals surface area (Å²) in [4.78, 5) is 16.1. The van der Waals surface area contributed by atoms with E-state index in [9.17, 15) is 4.79 Å². The molecule has 0 aliphatic carbocycles. The van der Waals surface area contributed by atoms with Gasteiger partial charge in [-0.05, 0) is 30.3 Å². The van der Waals surface area contributed by atoms with Crippen molar-refractivity contribution in [2.45, 2.75) is 0 Å². The molecule has 1 aromatic heterocycles. The van der Waals surface area contributed by atoms with Crippen molar-refractivity contribution in [1.29, 1.82) is 0 Å². The molecule has 1 amide bonds. The van der Waals surface area contributed by atoms with Crippen molar-refractivity contribution in [3.05, 3.63) is 72.4 Å². The summed E-state index contributed by atoms with van der Waals surface area (Å²) in [5.74, 6) is 0.791. The molecule has 0 saturated carbocycles. The molecule has 0 spiro atoms. The van der Waals surface area contributed by atoms with Crippen LogP contribution in [0.1, 0.15) is 5.56 Å². The van der Waals surface area contributed by atoms with Gasteiger partial charge in [0.05, 0.1) is 46.0 Å². The maximum absolute atomic E-state index is 12.7. The van der Waals surface area contributed by atoms with Crippen LogP contribution in [-0.4, -0.2) is 60.9 Å². The van der Waals surface area contributed by atoms with Crippen molar-refractivity contribution in [1.82, 2.24) is 14.7 Å². The molecule has 0 bridgehead atoms. The van der Waals surface area contributed by atoms with Crippen molar-refractivity contribution >= 4 is 12.0 Å². The number of carbonyl (C=O) groups excluding carboxylic acids is 1. The first kappa shape index (κ1) is 19.9. The number of ether oxygens (including phenoxy) is 1. The quantitative estimate of drug-likeness (QED) is 0.663. The summed E-state index contributed by atoms with van der Waals surface area (Å²) in [6.45, 7) is 3.55. The number of likely N-dealkylation sites (N-methyl/N-ethyl adjacent to an activating group) is 1. The molecule has 2 aromatic carbocycles. The Morgan fingerprint density at radius 3 is 2.50 bits per heavy atom. The Kier molecular flexibility index (Phi) is 5.95. The summed E-state index contributed by atoms with van der Waals surface area (Å²) in [6.07, 6.45) is 5.47. The fourth-order valence-corrected chi connectivity index (χ4v) is 3.65. The molecule has 6 heteroatoms. The van der Waals surface area contributed by atoms with Crippen LogP contribution >= 0.6 is 0 Å². The van der Waals surface area contributed by atoms with E-state index < -0.39 is 0 Å². The van der Waals surface area contributed by atoms with Gasteiger partial charge in [-0.2, -0.15) is 5.10 Å². The molecular formula is C24H27N4O2+. The van der Waals surface area contributed by atoms with Crippen molar-refractivity contribution in [3.8, 4) is 22.7 Å². The Bertz CT molecular complexity index is 1030. The van der Waals surface area contributed by atoms with E-state index in [0.717, 1.165) is 54.4 Å². The van der Waals surface area contributed by atoms with Crippen LogP contribution in [0.5, 0.6) is 5.75 Å². The van der Waals surface area contributed by atoms with Crippen molar-refractivity contribution in [2.24, 2.45) is 0 Å². The average molecular weight is 404 g/mol. The van der Waals surface area contributed by atoms with Gasteiger partial charge in [-0.1, -0.05) is 30.3 Å². The highest BCUT2D eigenvalue weighted by atomic mass is 16.5. The summed E-state index contributed by atoms with van der Waals surface area (Å²) in [5, 5.41) is 4.82. The van der Waals surface area contributed by atoms with E-state index in [-0.39, 0.29) is 5.91 Å². The summed E-state index contributed by atoms with van der Waals surface area (Å²) < 4.78 is 7.39. The smallest absolute Gasteiger partial charge is 0.246 e. The lowest BCUT2D eigenvalue weighted by molar-refractivity contribution is -0.883. The minimum absolute atomic E-state index is 0.0425. The molecule has 30 heavy (non-hydrogen) atoms. The number of quaternary nitrogens is 1. The first-order chi connectivity index (χ1) is 14.7. The van der Waals surface area contributed by atoms with Gasteiger partial charge < -0.3 is 14.5 Å². The molecule has 1 aliphatic heterocycles. The molecule has 0 radical (unpaired) electrons. The van der Waals surface area contributed by atoms with Crippen molar-refractivity contribution < 1.29 is 14.4 Å². The number of nitrogens with zero attached hydrogens (tertiary/aromatic N) is 3. The minimum Gasteiger partial charge on any atom is -0.496 e. The van der Waals surface area contributed by atoms with Crippen LogP contribution in [0.25, 0.3) is 23.0 Å². The summed E-state index contributed by atoms with van der Waals surface area (Å²) in [7, 11) is 3.82. The minimum atomic E-state index is 0.0425. The lowest BCUT2D eigenvalue weighted by atomic mass is 10.1. The average Bonchev–Trinajstić information content (AvgIpc) is 3.22. The zero-order valence-electron chi connectivity index (χ0n) is 17.4. The highest BCUT2D eigenvalue weighted by Crippen LogP contribution is 2.32. The van der Waals surface area contributed by atoms with Gasteiger partial charge >= 0.3 is 0 Å². The van der Waals surface area contributed by atoms with E-state index in [1.165, 1.54) is 4.90 Å². The second-order valence-electron chi connectivity index (χ2n) is 7.53. The van der Waals surface area contributed by atoms with Crippen LogP contribution < -0.4 is 9.64 Å². The number of hydrogen-bond donors (Lipinski definition) is 1. The number of piperazine rings is 1. The second-order valence-corrected chi connectivity index (χ2v) is 7.53. The van der Waals surface area contributed by atoms with E-state index in [1.54, 1.807) is 13.2 Å². The third kappa shape index (κ3) is 4.28. The summed E-state index contributed by atoms with van der Waals surface area (Å²) in [5.41, 5.74) is 3.51. The molecule has 3 aromatic rings. The third-order valence-electron chi connectivity index (χ3n) is 5.46. The van der Waals surface area contributed by atoms with Gasteiger partial charge in [-0.25, -0.2) is 4.68 Å². The van der Waals surface area contributed by atoms with E-state index in [2.05, 4.69) is 7.05 Å². The van der Waals surface area contributed by atoms with Gasteiger partial charge in [-0.15, -0.1) is 0 Å². The number of benzene rings is 2. The monoisotopic (exact) mass is 403 g/mol. The molecule has 1 saturated heterocycles. The largest absolute Gasteiger partial charge is 0.496 e. The molecular weight excluding hydrogens is 376 g/mol. The van der Waals surface area contributed by atoms with Crippen molar-refractivity contribution in [2.75, 3.05) is 40.3 Å². The van der Waals surface area contributed by atoms with Crippen LogP contribution in [-0.2, 0) is 4.79 Å².